The van der Waals surface area contributed by atoms with E-state index in [0.29, 0.717) is 5.89 Å². The van der Waals surface area contributed by atoms with Crippen molar-refractivity contribution in [2.75, 3.05) is 0 Å². The van der Waals surface area contributed by atoms with Gasteiger partial charge >= 0.3 is 0 Å². The van der Waals surface area contributed by atoms with Crippen molar-refractivity contribution in [2.24, 2.45) is 0 Å². The minimum atomic E-state index is 0.617. The van der Waals surface area contributed by atoms with E-state index in [9.17, 15) is 0 Å². The number of benzene rings is 4. The second kappa shape index (κ2) is 5.44. The first-order valence-electron chi connectivity index (χ1n) is 8.68. The molecule has 6 aromatic rings. The molecule has 0 saturated heterocycles. The van der Waals surface area contributed by atoms with E-state index in [-0.39, 0.29) is 0 Å². The first-order valence-corrected chi connectivity index (χ1v) is 9.47. The van der Waals surface area contributed by atoms with Crippen LogP contribution in [-0.2, 0) is 0 Å². The summed E-state index contributed by atoms with van der Waals surface area (Å²) in [5.41, 5.74) is 4.19. The summed E-state index contributed by atoms with van der Waals surface area (Å²) >= 11 is 3.66. The van der Waals surface area contributed by atoms with Crippen molar-refractivity contribution in [1.29, 1.82) is 0 Å². The number of nitrogens with zero attached hydrogens (tertiary/aromatic N) is 1. The van der Waals surface area contributed by atoms with Gasteiger partial charge in [0.1, 0.15) is 16.7 Å². The summed E-state index contributed by atoms with van der Waals surface area (Å²) in [5, 5.41) is 4.36. The van der Waals surface area contributed by atoms with Gasteiger partial charge in [-0.1, -0.05) is 42.5 Å². The van der Waals surface area contributed by atoms with E-state index in [1.165, 1.54) is 0 Å². The van der Waals surface area contributed by atoms with Crippen LogP contribution in [0.1, 0.15) is 0 Å². The summed E-state index contributed by atoms with van der Waals surface area (Å²) in [7, 11) is 0. The maximum absolute atomic E-state index is 6.19. The molecule has 6 rings (SSSR count). The average Bonchev–Trinajstić information content (AvgIpc) is 3.30. The van der Waals surface area contributed by atoms with Gasteiger partial charge in [-0.15, -0.1) is 0 Å². The Kier molecular flexibility index (Phi) is 3.02. The second-order valence-corrected chi connectivity index (χ2v) is 7.41. The Labute approximate surface area is 162 Å². The van der Waals surface area contributed by atoms with Gasteiger partial charge in [0, 0.05) is 10.9 Å². The molecule has 0 aliphatic carbocycles. The molecule has 0 fully saturated rings. The molecule has 0 bridgehead atoms. The lowest BCUT2D eigenvalue weighted by molar-refractivity contribution is 0.619. The molecule has 128 valence electrons. The van der Waals surface area contributed by atoms with Gasteiger partial charge in [-0.3, -0.25) is 0 Å². The van der Waals surface area contributed by atoms with Gasteiger partial charge in [0.25, 0.3) is 0 Å². The van der Waals surface area contributed by atoms with E-state index >= 15 is 0 Å². The molecule has 0 radical (unpaired) electrons. The maximum Gasteiger partial charge on any atom is 0.227 e. The highest BCUT2D eigenvalue weighted by atomic mass is 79.9. The highest BCUT2D eigenvalue weighted by molar-refractivity contribution is 9.10. The van der Waals surface area contributed by atoms with Crippen LogP contribution in [0.25, 0.3) is 55.3 Å². The first kappa shape index (κ1) is 15.0. The zero-order valence-electron chi connectivity index (χ0n) is 14.1. The quantitative estimate of drug-likeness (QED) is 0.283. The van der Waals surface area contributed by atoms with Crippen LogP contribution in [0.5, 0.6) is 0 Å². The molecular weight excluding hydrogens is 402 g/mol. The lowest BCUT2D eigenvalue weighted by atomic mass is 10.0. The molecule has 0 amide bonds. The Morgan fingerprint density at radius 3 is 2.41 bits per heavy atom. The van der Waals surface area contributed by atoms with Gasteiger partial charge in [-0.2, -0.15) is 0 Å². The van der Waals surface area contributed by atoms with E-state index in [1.54, 1.807) is 0 Å². The van der Waals surface area contributed by atoms with Gasteiger partial charge in [0.15, 0.2) is 5.58 Å². The largest absolute Gasteiger partial charge is 0.455 e. The van der Waals surface area contributed by atoms with E-state index in [2.05, 4.69) is 34.1 Å². The molecule has 0 unspecified atom stereocenters. The van der Waals surface area contributed by atoms with Crippen LogP contribution < -0.4 is 0 Å². The summed E-state index contributed by atoms with van der Waals surface area (Å²) in [6.45, 7) is 0. The minimum Gasteiger partial charge on any atom is -0.455 e. The molecular formula is C23H12BrNO2. The third-order valence-corrected chi connectivity index (χ3v) is 5.55. The number of fused-ring (bicyclic) bond motifs is 7. The standard InChI is InChI=1S/C23H12BrNO2/c24-16-12-14-8-4-5-9-15(14)19-20-17(26-22(16)19)10-11-18-21(20)25-23(27-18)13-6-2-1-3-7-13/h1-12H. The highest BCUT2D eigenvalue weighted by Crippen LogP contribution is 2.42. The number of oxazole rings is 1. The topological polar surface area (TPSA) is 39.2 Å². The van der Waals surface area contributed by atoms with E-state index in [0.717, 1.165) is 53.8 Å². The molecule has 0 aliphatic heterocycles. The van der Waals surface area contributed by atoms with Crippen molar-refractivity contribution in [3.05, 3.63) is 77.3 Å². The molecule has 2 heterocycles. The number of furan rings is 1. The molecule has 4 heteroatoms. The monoisotopic (exact) mass is 413 g/mol. The highest BCUT2D eigenvalue weighted by Gasteiger charge is 2.19. The Hall–Kier alpha value is -3.11. The summed E-state index contributed by atoms with van der Waals surface area (Å²) in [4.78, 5) is 4.83. The van der Waals surface area contributed by atoms with E-state index < -0.39 is 0 Å². The van der Waals surface area contributed by atoms with Crippen LogP contribution >= 0.6 is 15.9 Å². The normalized spacial score (nSPS) is 11.9. The zero-order valence-corrected chi connectivity index (χ0v) is 15.7. The van der Waals surface area contributed by atoms with Crippen LogP contribution in [0, 0.1) is 0 Å². The molecule has 0 saturated carbocycles. The molecule has 4 aromatic carbocycles. The van der Waals surface area contributed by atoms with Gasteiger partial charge in [-0.05, 0) is 57.0 Å². The number of hydrogen-bond donors (Lipinski definition) is 0. The third kappa shape index (κ3) is 2.10. The predicted molar refractivity (Wildman–Crippen MR) is 112 cm³/mol. The molecule has 0 aliphatic rings. The molecule has 0 spiro atoms. The molecule has 27 heavy (non-hydrogen) atoms. The molecule has 2 aromatic heterocycles. The van der Waals surface area contributed by atoms with Crippen molar-refractivity contribution >= 4 is 59.7 Å². The van der Waals surface area contributed by atoms with Crippen LogP contribution in [-0.4, -0.2) is 4.98 Å². The second-order valence-electron chi connectivity index (χ2n) is 6.56. The summed E-state index contributed by atoms with van der Waals surface area (Å²) < 4.78 is 13.2. The van der Waals surface area contributed by atoms with Gasteiger partial charge in [0.2, 0.25) is 5.89 Å². The van der Waals surface area contributed by atoms with Crippen LogP contribution in [0.2, 0.25) is 0 Å². The van der Waals surface area contributed by atoms with Crippen molar-refractivity contribution in [3.8, 4) is 11.5 Å². The Bertz CT molecular complexity index is 1480. The summed E-state index contributed by atoms with van der Waals surface area (Å²) in [6.07, 6.45) is 0. The Morgan fingerprint density at radius 1 is 0.741 bits per heavy atom. The summed E-state index contributed by atoms with van der Waals surface area (Å²) in [5.74, 6) is 0.617. The lowest BCUT2D eigenvalue weighted by Gasteiger charge is -2.01. The van der Waals surface area contributed by atoms with Crippen molar-refractivity contribution in [3.63, 3.8) is 0 Å². The average molecular weight is 414 g/mol. The fraction of sp³-hybridized carbons (Fsp3) is 0. The van der Waals surface area contributed by atoms with Crippen molar-refractivity contribution in [2.45, 2.75) is 0 Å². The molecule has 0 atom stereocenters. The number of rotatable bonds is 1. The maximum atomic E-state index is 6.19. The van der Waals surface area contributed by atoms with Gasteiger partial charge in [-0.25, -0.2) is 4.98 Å². The molecule has 0 N–H and O–H groups in total. The van der Waals surface area contributed by atoms with E-state index in [1.807, 2.05) is 54.6 Å². The number of hydrogen-bond acceptors (Lipinski definition) is 3. The summed E-state index contributed by atoms with van der Waals surface area (Å²) in [6, 6.07) is 24.3. The van der Waals surface area contributed by atoms with Crippen LogP contribution in [0.15, 0.2) is 86.1 Å². The van der Waals surface area contributed by atoms with Crippen molar-refractivity contribution in [1.82, 2.24) is 4.98 Å². The third-order valence-electron chi connectivity index (χ3n) is 4.96. The molecule has 3 nitrogen and oxygen atoms in total. The van der Waals surface area contributed by atoms with Crippen LogP contribution in [0.3, 0.4) is 0 Å². The Morgan fingerprint density at radius 2 is 1.52 bits per heavy atom. The predicted octanol–water partition coefficient (Wildman–Crippen LogP) is 7.31. The number of aromatic nitrogens is 1. The zero-order chi connectivity index (χ0) is 18.0. The smallest absolute Gasteiger partial charge is 0.227 e. The SMILES string of the molecule is Brc1cc2ccccc2c2c1oc1ccc3oc(-c4ccccc4)nc3c12. The van der Waals surface area contributed by atoms with Crippen LogP contribution in [0.4, 0.5) is 0 Å². The minimum absolute atomic E-state index is 0.617. The van der Waals surface area contributed by atoms with Gasteiger partial charge in [0.05, 0.1) is 9.86 Å². The Balaban J connectivity index is 1.81. The van der Waals surface area contributed by atoms with E-state index in [4.69, 9.17) is 13.8 Å². The fourth-order valence-electron chi connectivity index (χ4n) is 3.76. The number of halogens is 1. The van der Waals surface area contributed by atoms with Crippen molar-refractivity contribution < 1.29 is 8.83 Å². The lowest BCUT2D eigenvalue weighted by Crippen LogP contribution is -1.78. The first-order chi connectivity index (χ1) is 13.3. The van der Waals surface area contributed by atoms with Gasteiger partial charge < -0.3 is 8.83 Å². The fourth-order valence-corrected chi connectivity index (χ4v) is 4.28.